The maximum absolute atomic E-state index is 12.5. The molecule has 0 saturated carbocycles. The van der Waals surface area contributed by atoms with Crippen LogP contribution in [0.2, 0.25) is 0 Å². The van der Waals surface area contributed by atoms with Crippen LogP contribution in [-0.4, -0.2) is 41.1 Å². The van der Waals surface area contributed by atoms with E-state index in [1.165, 1.54) is 0 Å². The van der Waals surface area contributed by atoms with Gasteiger partial charge in [0.05, 0.1) is 5.69 Å². The third kappa shape index (κ3) is 3.09. The zero-order valence-electron chi connectivity index (χ0n) is 13.5. The molecule has 2 fully saturated rings. The van der Waals surface area contributed by atoms with Gasteiger partial charge in [-0.2, -0.15) is 0 Å². The van der Waals surface area contributed by atoms with Crippen LogP contribution < -0.4 is 10.6 Å². The van der Waals surface area contributed by atoms with E-state index in [2.05, 4.69) is 22.5 Å². The Kier molecular flexibility index (Phi) is 4.73. The zero-order chi connectivity index (χ0) is 15.8. The van der Waals surface area contributed by atoms with E-state index in [1.54, 1.807) is 6.20 Å². The number of nitrogens with zero attached hydrogens (tertiary/aromatic N) is 2. The lowest BCUT2D eigenvalue weighted by atomic mass is 10.0. The van der Waals surface area contributed by atoms with Gasteiger partial charge in [0.25, 0.3) is 0 Å². The molecule has 2 atom stereocenters. The van der Waals surface area contributed by atoms with Crippen LogP contribution in [0.1, 0.15) is 12.0 Å². The molecule has 3 heterocycles. The molecule has 0 aliphatic carbocycles. The van der Waals surface area contributed by atoms with Crippen LogP contribution >= 0.6 is 12.4 Å². The highest BCUT2D eigenvalue weighted by atomic mass is 35.5. The van der Waals surface area contributed by atoms with E-state index in [-0.39, 0.29) is 18.4 Å². The number of aryl methyl sites for hydroxylation is 1. The lowest BCUT2D eigenvalue weighted by Crippen LogP contribution is -2.48. The topological polar surface area (TPSA) is 57.3 Å². The van der Waals surface area contributed by atoms with E-state index in [1.807, 2.05) is 41.3 Å². The number of aromatic nitrogens is 1. The molecule has 2 aromatic rings. The summed E-state index contributed by atoms with van der Waals surface area (Å²) in [4.78, 5) is 18.9. The molecule has 2 aliphatic heterocycles. The van der Waals surface area contributed by atoms with Gasteiger partial charge in [-0.05, 0) is 43.2 Å². The van der Waals surface area contributed by atoms with E-state index in [4.69, 9.17) is 0 Å². The van der Waals surface area contributed by atoms with Crippen LogP contribution in [0, 0.1) is 6.92 Å². The van der Waals surface area contributed by atoms with Crippen molar-refractivity contribution in [1.29, 1.82) is 0 Å². The molecular weight excluding hydrogens is 324 g/mol. The van der Waals surface area contributed by atoms with Crippen LogP contribution in [0.5, 0.6) is 0 Å². The molecule has 1 aromatic heterocycles. The molecule has 4 rings (SSSR count). The Balaban J connectivity index is 0.00000169. The van der Waals surface area contributed by atoms with Crippen LogP contribution in [-0.2, 0) is 0 Å². The number of benzene rings is 1. The SMILES string of the molecule is Cc1ccc(NC(=O)N2CC3CC2CN3)cc1-c1ccccn1.Cl. The molecule has 5 nitrogen and oxygen atoms in total. The summed E-state index contributed by atoms with van der Waals surface area (Å²) in [6, 6.07) is 12.6. The summed E-state index contributed by atoms with van der Waals surface area (Å²) < 4.78 is 0. The smallest absolute Gasteiger partial charge is 0.319 e. The number of rotatable bonds is 2. The Labute approximate surface area is 147 Å². The first-order chi connectivity index (χ1) is 11.2. The van der Waals surface area contributed by atoms with Gasteiger partial charge in [0.15, 0.2) is 0 Å². The highest BCUT2D eigenvalue weighted by Gasteiger charge is 2.40. The maximum Gasteiger partial charge on any atom is 0.322 e. The monoisotopic (exact) mass is 344 g/mol. The van der Waals surface area contributed by atoms with Crippen molar-refractivity contribution in [1.82, 2.24) is 15.2 Å². The second-order valence-corrected chi connectivity index (χ2v) is 6.32. The Morgan fingerprint density at radius 3 is 2.88 bits per heavy atom. The number of fused-ring (bicyclic) bond motifs is 2. The number of piperazine rings is 1. The lowest BCUT2D eigenvalue weighted by molar-refractivity contribution is 0.199. The van der Waals surface area contributed by atoms with Gasteiger partial charge in [-0.25, -0.2) is 4.79 Å². The normalized spacial score (nSPS) is 21.5. The fraction of sp³-hybridized carbons (Fsp3) is 0.333. The quantitative estimate of drug-likeness (QED) is 0.880. The lowest BCUT2D eigenvalue weighted by Gasteiger charge is -2.27. The molecule has 2 N–H and O–H groups in total. The van der Waals surface area contributed by atoms with E-state index >= 15 is 0 Å². The summed E-state index contributed by atoms with van der Waals surface area (Å²) in [5.41, 5.74) is 3.93. The van der Waals surface area contributed by atoms with Crippen molar-refractivity contribution in [3.63, 3.8) is 0 Å². The van der Waals surface area contributed by atoms with Gasteiger partial charge in [-0.15, -0.1) is 12.4 Å². The number of carbonyl (C=O) groups is 1. The molecule has 2 aliphatic rings. The Hall–Kier alpha value is -2.11. The summed E-state index contributed by atoms with van der Waals surface area (Å²) in [5, 5.41) is 6.45. The number of halogens is 1. The van der Waals surface area contributed by atoms with Gasteiger partial charge in [-0.1, -0.05) is 12.1 Å². The van der Waals surface area contributed by atoms with E-state index in [0.29, 0.717) is 12.1 Å². The van der Waals surface area contributed by atoms with Gasteiger partial charge in [0.2, 0.25) is 0 Å². The van der Waals surface area contributed by atoms with Crippen molar-refractivity contribution in [2.24, 2.45) is 0 Å². The summed E-state index contributed by atoms with van der Waals surface area (Å²) in [6.07, 6.45) is 2.86. The minimum Gasteiger partial charge on any atom is -0.319 e. The Bertz CT molecular complexity index is 737. The summed E-state index contributed by atoms with van der Waals surface area (Å²) >= 11 is 0. The highest BCUT2D eigenvalue weighted by molar-refractivity contribution is 5.91. The number of pyridine rings is 1. The van der Waals surface area contributed by atoms with Gasteiger partial charge in [0, 0.05) is 42.6 Å². The molecule has 126 valence electrons. The third-order valence-electron chi connectivity index (χ3n) is 4.75. The predicted molar refractivity (Wildman–Crippen MR) is 97.6 cm³/mol. The van der Waals surface area contributed by atoms with E-state index in [9.17, 15) is 4.79 Å². The number of hydrogen-bond acceptors (Lipinski definition) is 3. The first-order valence-electron chi connectivity index (χ1n) is 8.04. The minimum atomic E-state index is -0.00479. The zero-order valence-corrected chi connectivity index (χ0v) is 14.3. The van der Waals surface area contributed by atoms with Gasteiger partial charge < -0.3 is 15.5 Å². The van der Waals surface area contributed by atoms with Crippen LogP contribution in [0.25, 0.3) is 11.3 Å². The standard InChI is InChI=1S/C18H20N4O.ClH/c1-12-5-6-13(9-16(12)17-4-2-3-7-19-17)21-18(23)22-11-14-8-15(22)10-20-14;/h2-7,9,14-15,20H,8,10-11H2,1H3,(H,21,23);1H. The molecule has 6 heteroatoms. The van der Waals surface area contributed by atoms with Gasteiger partial charge in [0.1, 0.15) is 0 Å². The first-order valence-corrected chi connectivity index (χ1v) is 8.04. The van der Waals surface area contributed by atoms with Crippen molar-refractivity contribution >= 4 is 24.1 Å². The van der Waals surface area contributed by atoms with Crippen molar-refractivity contribution in [3.05, 3.63) is 48.2 Å². The van der Waals surface area contributed by atoms with Crippen LogP contribution in [0.3, 0.4) is 0 Å². The van der Waals surface area contributed by atoms with Crippen molar-refractivity contribution in [2.75, 3.05) is 18.4 Å². The number of amides is 2. The number of nitrogens with one attached hydrogen (secondary N) is 2. The van der Waals surface area contributed by atoms with Crippen molar-refractivity contribution in [2.45, 2.75) is 25.4 Å². The van der Waals surface area contributed by atoms with Gasteiger partial charge >= 0.3 is 6.03 Å². The average Bonchev–Trinajstić information content (AvgIpc) is 3.20. The largest absolute Gasteiger partial charge is 0.322 e. The molecule has 2 unspecified atom stereocenters. The van der Waals surface area contributed by atoms with E-state index < -0.39 is 0 Å². The molecule has 0 radical (unpaired) electrons. The van der Waals surface area contributed by atoms with Crippen molar-refractivity contribution < 1.29 is 4.79 Å². The second-order valence-electron chi connectivity index (χ2n) is 6.32. The molecular formula is C18H21ClN4O. The fourth-order valence-corrected chi connectivity index (χ4v) is 3.50. The summed E-state index contributed by atoms with van der Waals surface area (Å²) in [6.45, 7) is 3.77. The molecule has 1 aromatic carbocycles. The number of urea groups is 1. The first kappa shape index (κ1) is 16.7. The number of carbonyl (C=O) groups excluding carboxylic acids is 1. The van der Waals surface area contributed by atoms with Gasteiger partial charge in [-0.3, -0.25) is 4.98 Å². The number of hydrogen-bond donors (Lipinski definition) is 2. The summed E-state index contributed by atoms with van der Waals surface area (Å²) in [5.74, 6) is 0. The fourth-order valence-electron chi connectivity index (χ4n) is 3.50. The predicted octanol–water partition coefficient (Wildman–Crippen LogP) is 3.06. The summed E-state index contributed by atoms with van der Waals surface area (Å²) in [7, 11) is 0. The Morgan fingerprint density at radius 2 is 2.21 bits per heavy atom. The molecule has 0 spiro atoms. The average molecular weight is 345 g/mol. The molecule has 2 amide bonds. The number of likely N-dealkylation sites (tertiary alicyclic amines) is 1. The van der Waals surface area contributed by atoms with Crippen LogP contribution in [0.15, 0.2) is 42.6 Å². The minimum absolute atomic E-state index is 0. The maximum atomic E-state index is 12.5. The van der Waals surface area contributed by atoms with E-state index in [0.717, 1.165) is 42.0 Å². The van der Waals surface area contributed by atoms with Crippen LogP contribution in [0.4, 0.5) is 10.5 Å². The highest BCUT2D eigenvalue weighted by Crippen LogP contribution is 2.27. The van der Waals surface area contributed by atoms with Crippen molar-refractivity contribution in [3.8, 4) is 11.3 Å². The second kappa shape index (κ2) is 6.79. The molecule has 2 saturated heterocycles. The number of anilines is 1. The third-order valence-corrected chi connectivity index (χ3v) is 4.75. The molecule has 2 bridgehead atoms. The molecule has 24 heavy (non-hydrogen) atoms. The Morgan fingerprint density at radius 1 is 1.33 bits per heavy atom.